The summed E-state index contributed by atoms with van der Waals surface area (Å²) < 4.78 is 14.8. The van der Waals surface area contributed by atoms with Gasteiger partial charge in [0.1, 0.15) is 23.7 Å². The Balaban J connectivity index is 1.95. The number of fused-ring (bicyclic) bond motifs is 1. The van der Waals surface area contributed by atoms with Crippen LogP contribution in [0.2, 0.25) is 0 Å². The van der Waals surface area contributed by atoms with E-state index in [1.54, 1.807) is 32.0 Å². The number of hydrogen-bond donors (Lipinski definition) is 5. The van der Waals surface area contributed by atoms with Crippen LogP contribution in [0.5, 0.6) is 0 Å². The molecule has 3 aromatic rings. The normalized spacial score (nSPS) is 12.5. The Morgan fingerprint density at radius 2 is 1.70 bits per heavy atom. The summed E-state index contributed by atoms with van der Waals surface area (Å²) in [5, 5.41) is 33.0. The fourth-order valence-corrected chi connectivity index (χ4v) is 4.59. The minimum atomic E-state index is -1.71. The Kier molecular flexibility index (Phi) is 11.2. The number of carboxylic acid groups (broad SMARTS) is 3. The number of amides is 2. The van der Waals surface area contributed by atoms with Crippen LogP contribution in [-0.2, 0) is 25.7 Å². The zero-order chi connectivity index (χ0) is 32.6. The molecule has 0 unspecified atom stereocenters. The fraction of sp³-hybridized carbons (Fsp3) is 0.345. The van der Waals surface area contributed by atoms with Crippen molar-refractivity contribution >= 4 is 40.6 Å². The van der Waals surface area contributed by atoms with Gasteiger partial charge >= 0.3 is 17.9 Å². The van der Waals surface area contributed by atoms with Crippen LogP contribution in [0, 0.1) is 12.7 Å². The summed E-state index contributed by atoms with van der Waals surface area (Å²) in [6.07, 6.45) is -1.97. The minimum Gasteiger partial charge on any atom is -0.481 e. The molecule has 44 heavy (non-hydrogen) atoms. The standard InChI is InChI=1S/C29H32FN5O9/c1-3-34(15-17-8-9-21-19(14-17)26(39)32-16(2)31-21)35(27(40)18-6-4-5-7-20(18)30)23(29(43)44)11-12-24(36)33-22(28(41)42)10-13-25(37)38/h4-9,14,22-23H,3,10-13,15H2,1-2H3,(H,33,36)(H,37,38)(H,41,42)(H,43,44)(H,31,32,39)/t22-,23+/m1/s1. The van der Waals surface area contributed by atoms with Crippen molar-refractivity contribution in [2.24, 2.45) is 0 Å². The zero-order valence-electron chi connectivity index (χ0n) is 23.9. The highest BCUT2D eigenvalue weighted by Gasteiger charge is 2.36. The molecule has 2 aromatic carbocycles. The van der Waals surface area contributed by atoms with E-state index in [4.69, 9.17) is 5.11 Å². The average molecular weight is 614 g/mol. The van der Waals surface area contributed by atoms with E-state index in [1.165, 1.54) is 23.2 Å². The number of nitrogens with zero attached hydrogens (tertiary/aromatic N) is 3. The third-order valence-corrected chi connectivity index (χ3v) is 6.74. The number of nitrogens with one attached hydrogen (secondary N) is 2. The number of aromatic amines is 1. The van der Waals surface area contributed by atoms with E-state index < -0.39 is 84.4 Å². The van der Waals surface area contributed by atoms with Crippen molar-refractivity contribution in [3.63, 3.8) is 0 Å². The molecule has 0 fully saturated rings. The van der Waals surface area contributed by atoms with E-state index >= 15 is 0 Å². The minimum absolute atomic E-state index is 0.0486. The number of aliphatic carboxylic acids is 3. The van der Waals surface area contributed by atoms with Gasteiger partial charge in [0.15, 0.2) is 0 Å². The number of hydrazine groups is 1. The second-order valence-electron chi connectivity index (χ2n) is 9.90. The molecule has 0 aliphatic rings. The number of aryl methyl sites for hydroxylation is 1. The molecule has 2 amide bonds. The van der Waals surface area contributed by atoms with Gasteiger partial charge in [-0.2, -0.15) is 0 Å². The number of carboxylic acids is 3. The number of halogens is 1. The highest BCUT2D eigenvalue weighted by Crippen LogP contribution is 2.21. The summed E-state index contributed by atoms with van der Waals surface area (Å²) in [6, 6.07) is 6.55. The van der Waals surface area contributed by atoms with Gasteiger partial charge in [-0.1, -0.05) is 25.1 Å². The van der Waals surface area contributed by atoms with E-state index in [-0.39, 0.29) is 18.5 Å². The molecule has 234 valence electrons. The largest absolute Gasteiger partial charge is 0.481 e. The Hall–Kier alpha value is -5.18. The van der Waals surface area contributed by atoms with Gasteiger partial charge in [-0.05, 0) is 49.6 Å². The van der Waals surface area contributed by atoms with Crippen LogP contribution in [0.15, 0.2) is 47.3 Å². The van der Waals surface area contributed by atoms with Crippen molar-refractivity contribution < 1.29 is 43.7 Å². The van der Waals surface area contributed by atoms with Crippen molar-refractivity contribution in [3.05, 3.63) is 75.6 Å². The van der Waals surface area contributed by atoms with Gasteiger partial charge < -0.3 is 25.6 Å². The molecule has 0 bridgehead atoms. The van der Waals surface area contributed by atoms with Gasteiger partial charge in [-0.25, -0.2) is 24.0 Å². The number of H-pyrrole nitrogens is 1. The molecule has 1 heterocycles. The number of hydrogen-bond acceptors (Lipinski definition) is 8. The SMILES string of the molecule is CCN(Cc1ccc2nc(C)[nH]c(=O)c2c1)N(C(=O)c1ccccc1F)[C@@H](CCC(=O)N[C@H](CCC(=O)O)C(=O)O)C(=O)O. The van der Waals surface area contributed by atoms with Crippen LogP contribution in [-0.4, -0.2) is 83.7 Å². The van der Waals surface area contributed by atoms with Crippen LogP contribution in [0.25, 0.3) is 10.9 Å². The highest BCUT2D eigenvalue weighted by atomic mass is 19.1. The lowest BCUT2D eigenvalue weighted by atomic mass is 10.1. The molecule has 0 radical (unpaired) electrons. The van der Waals surface area contributed by atoms with E-state index in [0.29, 0.717) is 16.9 Å². The molecule has 1 aromatic heterocycles. The predicted molar refractivity (Wildman–Crippen MR) is 153 cm³/mol. The number of rotatable bonds is 15. The second-order valence-corrected chi connectivity index (χ2v) is 9.90. The third-order valence-electron chi connectivity index (χ3n) is 6.74. The monoisotopic (exact) mass is 613 g/mol. The fourth-order valence-electron chi connectivity index (χ4n) is 4.59. The van der Waals surface area contributed by atoms with Crippen LogP contribution in [0.4, 0.5) is 4.39 Å². The first kappa shape index (κ1) is 33.3. The van der Waals surface area contributed by atoms with Gasteiger partial charge in [0.25, 0.3) is 11.5 Å². The van der Waals surface area contributed by atoms with Crippen molar-refractivity contribution in [2.75, 3.05) is 6.54 Å². The summed E-state index contributed by atoms with van der Waals surface area (Å²) in [5.41, 5.74) is 0.117. The van der Waals surface area contributed by atoms with Gasteiger partial charge in [0, 0.05) is 25.9 Å². The Bertz CT molecular complexity index is 1630. The molecule has 2 atom stereocenters. The van der Waals surface area contributed by atoms with E-state index in [9.17, 15) is 43.4 Å². The topological polar surface area (TPSA) is 210 Å². The highest BCUT2D eigenvalue weighted by molar-refractivity contribution is 5.96. The van der Waals surface area contributed by atoms with Crippen molar-refractivity contribution in [2.45, 2.75) is 58.2 Å². The summed E-state index contributed by atoms with van der Waals surface area (Å²) >= 11 is 0. The third kappa shape index (κ3) is 8.44. The smallest absolute Gasteiger partial charge is 0.328 e. The Morgan fingerprint density at radius 3 is 2.32 bits per heavy atom. The summed E-state index contributed by atoms with van der Waals surface area (Å²) in [5.74, 6) is -6.62. The molecule has 0 saturated heterocycles. The van der Waals surface area contributed by atoms with Crippen LogP contribution < -0.4 is 10.9 Å². The first-order valence-corrected chi connectivity index (χ1v) is 13.6. The molecular weight excluding hydrogens is 581 g/mol. The molecule has 5 N–H and O–H groups in total. The Morgan fingerprint density at radius 1 is 1.00 bits per heavy atom. The van der Waals surface area contributed by atoms with Crippen LogP contribution in [0.3, 0.4) is 0 Å². The van der Waals surface area contributed by atoms with E-state index in [1.807, 2.05) is 0 Å². The van der Waals surface area contributed by atoms with Crippen LogP contribution in [0.1, 0.15) is 54.4 Å². The summed E-state index contributed by atoms with van der Waals surface area (Å²) in [4.78, 5) is 80.6. The molecule has 3 rings (SSSR count). The van der Waals surface area contributed by atoms with Gasteiger partial charge in [0.05, 0.1) is 16.5 Å². The number of benzene rings is 2. The summed E-state index contributed by atoms with van der Waals surface area (Å²) in [7, 11) is 0. The molecular formula is C29H32FN5O9. The number of carbonyl (C=O) groups is 5. The van der Waals surface area contributed by atoms with Gasteiger partial charge in [-0.15, -0.1) is 0 Å². The molecule has 0 aliphatic heterocycles. The predicted octanol–water partition coefficient (Wildman–Crippen LogP) is 1.92. The summed E-state index contributed by atoms with van der Waals surface area (Å²) in [6.45, 7) is 3.22. The number of aromatic nitrogens is 2. The first-order valence-electron chi connectivity index (χ1n) is 13.6. The zero-order valence-corrected chi connectivity index (χ0v) is 23.9. The average Bonchev–Trinajstić information content (AvgIpc) is 2.96. The Labute approximate surface area is 250 Å². The maximum absolute atomic E-state index is 14.8. The van der Waals surface area contributed by atoms with Crippen molar-refractivity contribution in [1.29, 1.82) is 0 Å². The first-order chi connectivity index (χ1) is 20.8. The van der Waals surface area contributed by atoms with Crippen molar-refractivity contribution in [1.82, 2.24) is 25.3 Å². The maximum Gasteiger partial charge on any atom is 0.328 e. The lowest BCUT2D eigenvalue weighted by Crippen LogP contribution is -2.55. The molecule has 0 saturated carbocycles. The van der Waals surface area contributed by atoms with Crippen molar-refractivity contribution in [3.8, 4) is 0 Å². The van der Waals surface area contributed by atoms with Crippen LogP contribution >= 0.6 is 0 Å². The number of carbonyl (C=O) groups excluding carboxylic acids is 2. The molecule has 0 spiro atoms. The molecule has 15 heteroatoms. The quantitative estimate of drug-likeness (QED) is 0.156. The van der Waals surface area contributed by atoms with E-state index in [2.05, 4.69) is 15.3 Å². The molecule has 0 aliphatic carbocycles. The van der Waals surface area contributed by atoms with Gasteiger partial charge in [0.2, 0.25) is 5.91 Å². The lowest BCUT2D eigenvalue weighted by molar-refractivity contribution is -0.151. The molecule has 14 nitrogen and oxygen atoms in total. The maximum atomic E-state index is 14.8. The van der Waals surface area contributed by atoms with Gasteiger partial charge in [-0.3, -0.25) is 24.2 Å². The van der Waals surface area contributed by atoms with E-state index in [0.717, 1.165) is 11.1 Å². The lowest BCUT2D eigenvalue weighted by Gasteiger charge is -2.38. The second kappa shape index (κ2) is 14.8.